The van der Waals surface area contributed by atoms with Crippen LogP contribution < -0.4 is 11.2 Å². The van der Waals surface area contributed by atoms with E-state index in [1.165, 1.54) is 29.7 Å². The van der Waals surface area contributed by atoms with E-state index in [2.05, 4.69) is 0 Å². The van der Waals surface area contributed by atoms with E-state index in [4.69, 9.17) is 17.1 Å². The number of para-hydroxylation sites is 1. The number of benzene rings is 1. The smallest absolute Gasteiger partial charge is 0.331 e. The van der Waals surface area contributed by atoms with Gasteiger partial charge in [0.2, 0.25) is 0 Å². The maximum absolute atomic E-state index is 13.7. The van der Waals surface area contributed by atoms with E-state index in [1.54, 1.807) is 4.57 Å². The van der Waals surface area contributed by atoms with Gasteiger partial charge < -0.3 is 9.67 Å². The zero-order valence-corrected chi connectivity index (χ0v) is 21.8. The quantitative estimate of drug-likeness (QED) is 0.397. The van der Waals surface area contributed by atoms with Crippen molar-refractivity contribution in [2.24, 2.45) is 13.0 Å². The van der Waals surface area contributed by atoms with Crippen molar-refractivity contribution in [2.45, 2.75) is 33.0 Å². The minimum Gasteiger partial charge on any atom is -0.389 e. The van der Waals surface area contributed by atoms with Crippen molar-refractivity contribution < 1.29 is 14.7 Å². The number of fused-ring (bicyclic) bond motifs is 2. The number of hydroxylamine groups is 2. The van der Waals surface area contributed by atoms with Crippen LogP contribution in [-0.4, -0.2) is 49.0 Å². The topological polar surface area (TPSA) is 98.7 Å². The van der Waals surface area contributed by atoms with Gasteiger partial charge in [-0.2, -0.15) is 0 Å². The van der Waals surface area contributed by atoms with Gasteiger partial charge in [-0.3, -0.25) is 23.6 Å². The summed E-state index contributed by atoms with van der Waals surface area (Å²) in [6.45, 7) is 4.64. The molecule has 0 aliphatic carbocycles. The van der Waals surface area contributed by atoms with Gasteiger partial charge in [-0.05, 0) is 30.3 Å². The summed E-state index contributed by atoms with van der Waals surface area (Å²) in [6.07, 6.45) is -0.802. The largest absolute Gasteiger partial charge is 0.389 e. The molecule has 5 rings (SSSR count). The second-order valence-electron chi connectivity index (χ2n) is 8.97. The Bertz CT molecular complexity index is 1640. The van der Waals surface area contributed by atoms with E-state index in [-0.39, 0.29) is 36.6 Å². The fourth-order valence-corrected chi connectivity index (χ4v) is 6.88. The van der Waals surface area contributed by atoms with Crippen molar-refractivity contribution in [3.63, 3.8) is 0 Å². The summed E-state index contributed by atoms with van der Waals surface area (Å²) in [4.78, 5) is 46.5. The first-order valence-corrected chi connectivity index (χ1v) is 13.2. The molecule has 1 aromatic carbocycles. The molecule has 0 bridgehead atoms. The average Bonchev–Trinajstić information content (AvgIpc) is 3.50. The fourth-order valence-electron chi connectivity index (χ4n) is 4.29. The van der Waals surface area contributed by atoms with E-state index in [1.807, 2.05) is 42.7 Å². The van der Waals surface area contributed by atoms with Gasteiger partial charge in [-0.1, -0.05) is 26.0 Å². The van der Waals surface area contributed by atoms with Crippen LogP contribution in [0, 0.1) is 9.87 Å². The monoisotopic (exact) mass is 532 g/mol. The predicted molar refractivity (Wildman–Crippen MR) is 139 cm³/mol. The summed E-state index contributed by atoms with van der Waals surface area (Å²) in [5, 5.41) is 11.2. The van der Waals surface area contributed by atoms with Gasteiger partial charge in [-0.15, -0.1) is 22.7 Å². The van der Waals surface area contributed by atoms with E-state index in [0.29, 0.717) is 20.2 Å². The number of thiazole rings is 1. The van der Waals surface area contributed by atoms with Crippen molar-refractivity contribution >= 4 is 61.2 Å². The molecule has 0 radical (unpaired) electrons. The number of amides is 1. The normalized spacial score (nSPS) is 16.3. The standard InChI is InChI=1S/C23H24N4O5S3/c1-12(2)8-26-21-18(19(29)24(3)22(26)31)17(20(30)27-9-13(28)11-32-27)16(34-21)10-25-14-6-4-5-7-15(14)35-23(25)33/h4-7,12-13,28H,8-11H2,1-3H3/t13-/m0/s1. The average molecular weight is 533 g/mol. The molecule has 1 aliphatic rings. The van der Waals surface area contributed by atoms with Gasteiger partial charge in [-0.25, -0.2) is 9.86 Å². The van der Waals surface area contributed by atoms with Crippen molar-refractivity contribution in [1.82, 2.24) is 18.8 Å². The third-order valence-corrected chi connectivity index (χ3v) is 8.53. The van der Waals surface area contributed by atoms with Crippen molar-refractivity contribution in [3.8, 4) is 0 Å². The maximum atomic E-state index is 13.7. The first kappa shape index (κ1) is 24.1. The van der Waals surface area contributed by atoms with Crippen LogP contribution in [-0.2, 0) is 25.0 Å². The summed E-state index contributed by atoms with van der Waals surface area (Å²) in [7, 11) is 1.42. The number of thiophene rings is 1. The van der Waals surface area contributed by atoms with Crippen molar-refractivity contribution in [1.29, 1.82) is 0 Å². The van der Waals surface area contributed by atoms with Gasteiger partial charge >= 0.3 is 5.69 Å². The van der Waals surface area contributed by atoms with E-state index in [9.17, 15) is 19.5 Å². The number of aliphatic hydroxyl groups excluding tert-OH is 1. The van der Waals surface area contributed by atoms with Crippen LogP contribution in [0.5, 0.6) is 0 Å². The second kappa shape index (κ2) is 9.10. The van der Waals surface area contributed by atoms with Gasteiger partial charge in [0.05, 0.1) is 34.3 Å². The number of carbonyl (C=O) groups excluding carboxylic acids is 1. The molecule has 1 saturated heterocycles. The fraction of sp³-hybridized carbons (Fsp3) is 0.391. The SMILES string of the molecule is CC(C)Cn1c(=O)n(C)c(=O)c2c(C(=O)N3C[C@H](O)CO3)c(Cn3c(=S)sc4ccccc43)sc21. The van der Waals surface area contributed by atoms with Gasteiger partial charge in [0, 0.05) is 18.5 Å². The molecule has 184 valence electrons. The number of hydrogen-bond acceptors (Lipinski definition) is 8. The van der Waals surface area contributed by atoms with E-state index in [0.717, 1.165) is 19.8 Å². The molecule has 1 N–H and O–H groups in total. The van der Waals surface area contributed by atoms with Crippen LogP contribution in [0.4, 0.5) is 0 Å². The lowest BCUT2D eigenvalue weighted by atomic mass is 10.1. The van der Waals surface area contributed by atoms with E-state index >= 15 is 0 Å². The summed E-state index contributed by atoms with van der Waals surface area (Å²) >= 11 is 8.35. The van der Waals surface area contributed by atoms with Crippen LogP contribution in [0.2, 0.25) is 0 Å². The number of aliphatic hydroxyl groups is 1. The highest BCUT2D eigenvalue weighted by atomic mass is 32.1. The Morgan fingerprint density at radius 3 is 2.66 bits per heavy atom. The summed E-state index contributed by atoms with van der Waals surface area (Å²) in [5.74, 6) is -0.370. The lowest BCUT2D eigenvalue weighted by Crippen LogP contribution is -2.39. The van der Waals surface area contributed by atoms with Gasteiger partial charge in [0.15, 0.2) is 3.95 Å². The molecule has 35 heavy (non-hydrogen) atoms. The molecule has 1 amide bonds. The Morgan fingerprint density at radius 1 is 1.23 bits per heavy atom. The number of β-amino-alcohol motifs (C(OH)–C–C–N with tert-alkyl or cyclic N) is 1. The zero-order valence-electron chi connectivity index (χ0n) is 19.4. The van der Waals surface area contributed by atoms with Crippen molar-refractivity contribution in [2.75, 3.05) is 13.2 Å². The molecule has 4 aromatic rings. The lowest BCUT2D eigenvalue weighted by Gasteiger charge is -2.15. The van der Waals surface area contributed by atoms with Crippen LogP contribution in [0.15, 0.2) is 33.9 Å². The highest BCUT2D eigenvalue weighted by Crippen LogP contribution is 2.33. The van der Waals surface area contributed by atoms with Crippen LogP contribution >= 0.6 is 34.9 Å². The Morgan fingerprint density at radius 2 is 1.97 bits per heavy atom. The number of hydrogen-bond donors (Lipinski definition) is 1. The molecule has 9 nitrogen and oxygen atoms in total. The first-order valence-electron chi connectivity index (χ1n) is 11.1. The molecule has 1 atom stereocenters. The van der Waals surface area contributed by atoms with Crippen LogP contribution in [0.25, 0.3) is 20.4 Å². The molecule has 0 spiro atoms. The molecule has 3 aromatic heterocycles. The number of rotatable bonds is 5. The highest BCUT2D eigenvalue weighted by Gasteiger charge is 2.33. The van der Waals surface area contributed by atoms with Gasteiger partial charge in [0.1, 0.15) is 17.5 Å². The molecule has 0 saturated carbocycles. The number of carbonyl (C=O) groups is 1. The molecule has 1 fully saturated rings. The third-order valence-electron chi connectivity index (χ3n) is 5.91. The minimum absolute atomic E-state index is 0.000559. The Kier molecular flexibility index (Phi) is 6.26. The zero-order chi connectivity index (χ0) is 25.0. The lowest BCUT2D eigenvalue weighted by molar-refractivity contribution is -0.0778. The molecular weight excluding hydrogens is 508 g/mol. The molecule has 12 heteroatoms. The number of aromatic nitrogens is 3. The summed E-state index contributed by atoms with van der Waals surface area (Å²) < 4.78 is 6.21. The molecular formula is C23H24N4O5S3. The summed E-state index contributed by atoms with van der Waals surface area (Å²) in [5.41, 5.74) is 0.163. The first-order chi connectivity index (χ1) is 16.7. The Balaban J connectivity index is 1.79. The maximum Gasteiger partial charge on any atom is 0.331 e. The summed E-state index contributed by atoms with van der Waals surface area (Å²) in [6, 6.07) is 7.81. The van der Waals surface area contributed by atoms with E-state index < -0.39 is 23.3 Å². The van der Waals surface area contributed by atoms with Gasteiger partial charge in [0.25, 0.3) is 11.5 Å². The van der Waals surface area contributed by atoms with Crippen molar-refractivity contribution in [3.05, 3.63) is 59.5 Å². The second-order valence-corrected chi connectivity index (χ2v) is 11.7. The molecule has 0 unspecified atom stereocenters. The molecule has 1 aliphatic heterocycles. The van der Waals surface area contributed by atoms with Crippen LogP contribution in [0.1, 0.15) is 29.1 Å². The Hall–Kier alpha value is -2.64. The third kappa shape index (κ3) is 4.08. The predicted octanol–water partition coefficient (Wildman–Crippen LogP) is 2.96. The van der Waals surface area contributed by atoms with Crippen LogP contribution in [0.3, 0.4) is 0 Å². The minimum atomic E-state index is -0.802. The number of nitrogens with zero attached hydrogens (tertiary/aromatic N) is 4. The highest BCUT2D eigenvalue weighted by molar-refractivity contribution is 7.73. The molecule has 4 heterocycles. The Labute approximate surface area is 213 Å².